The van der Waals surface area contributed by atoms with E-state index in [1.165, 1.54) is 0 Å². The molecule has 6 rings (SSSR count). The van der Waals surface area contributed by atoms with Crippen LogP contribution in [0.3, 0.4) is 0 Å². The third-order valence-electron chi connectivity index (χ3n) is 7.33. The maximum Gasteiger partial charge on any atom is 0.201 e. The number of carbonyl (C=O) groups excluding carboxylic acids is 1. The smallest absolute Gasteiger partial charge is 0.201 e. The quantitative estimate of drug-likeness (QED) is 0.174. The Balaban J connectivity index is 1.54. The molecule has 208 valence electrons. The van der Waals surface area contributed by atoms with Crippen LogP contribution in [0, 0.1) is 0 Å². The summed E-state index contributed by atoms with van der Waals surface area (Å²) in [5.41, 5.74) is 5.03. The van der Waals surface area contributed by atoms with Crippen LogP contribution in [0.4, 0.5) is 0 Å². The Morgan fingerprint density at radius 1 is 0.500 bits per heavy atom. The van der Waals surface area contributed by atoms with E-state index in [9.17, 15) is 15.0 Å². The number of rotatable bonds is 10. The summed E-state index contributed by atoms with van der Waals surface area (Å²) in [6.07, 6.45) is 0. The third kappa shape index (κ3) is 5.36. The fraction of sp³-hybridized carbons (Fsp3) is 0.108. The predicted molar refractivity (Wildman–Crippen MR) is 167 cm³/mol. The van der Waals surface area contributed by atoms with Gasteiger partial charge in [-0.1, -0.05) is 97.1 Å². The second-order valence-corrected chi connectivity index (χ2v) is 9.95. The van der Waals surface area contributed by atoms with Crippen molar-refractivity contribution in [3.63, 3.8) is 0 Å². The normalized spacial score (nSPS) is 11.1. The Morgan fingerprint density at radius 2 is 0.929 bits per heavy atom. The predicted octanol–water partition coefficient (Wildman–Crippen LogP) is 7.30. The SMILES string of the molecule is O=C(c1c(OCCO)ccc2cc(-c3ccccc3)ccc12)c1c(OCCO)ccc2cc(-c3ccccc3)ccc12. The first kappa shape index (κ1) is 27.2. The highest BCUT2D eigenvalue weighted by Crippen LogP contribution is 2.38. The summed E-state index contributed by atoms with van der Waals surface area (Å²) in [6, 6.07) is 39.6. The van der Waals surface area contributed by atoms with Gasteiger partial charge >= 0.3 is 0 Å². The van der Waals surface area contributed by atoms with Crippen molar-refractivity contribution in [3.8, 4) is 33.8 Å². The van der Waals surface area contributed by atoms with Gasteiger partial charge in [0.15, 0.2) is 0 Å². The molecule has 42 heavy (non-hydrogen) atoms. The molecule has 0 aliphatic carbocycles. The molecule has 0 atom stereocenters. The minimum Gasteiger partial charge on any atom is -0.490 e. The van der Waals surface area contributed by atoms with Gasteiger partial charge < -0.3 is 19.7 Å². The molecule has 6 aromatic carbocycles. The lowest BCUT2D eigenvalue weighted by Gasteiger charge is -2.18. The molecule has 0 saturated carbocycles. The molecular formula is C37H30O5. The zero-order valence-corrected chi connectivity index (χ0v) is 23.0. The number of carbonyl (C=O) groups is 1. The van der Waals surface area contributed by atoms with E-state index in [-0.39, 0.29) is 32.2 Å². The van der Waals surface area contributed by atoms with Crippen molar-refractivity contribution in [2.24, 2.45) is 0 Å². The number of hydrogen-bond donors (Lipinski definition) is 2. The van der Waals surface area contributed by atoms with Crippen LogP contribution in [0.1, 0.15) is 15.9 Å². The van der Waals surface area contributed by atoms with Gasteiger partial charge in [-0.15, -0.1) is 0 Å². The molecule has 0 fully saturated rings. The first-order valence-electron chi connectivity index (χ1n) is 13.9. The first-order chi connectivity index (χ1) is 20.7. The standard InChI is InChI=1S/C37H30O5/c38-19-21-41-33-17-13-29-23-27(25-7-3-1-4-8-25)11-15-31(29)35(33)37(40)36-32-16-12-28(26-9-5-2-6-10-26)24-30(32)14-18-34(36)42-22-20-39/h1-18,23-24,38-39H,19-22H2. The molecule has 0 spiro atoms. The van der Waals surface area contributed by atoms with Gasteiger partial charge in [-0.2, -0.15) is 0 Å². The number of ketones is 1. The molecule has 5 nitrogen and oxygen atoms in total. The van der Waals surface area contributed by atoms with Crippen molar-refractivity contribution in [2.45, 2.75) is 0 Å². The van der Waals surface area contributed by atoms with E-state index in [0.29, 0.717) is 22.6 Å². The Kier molecular flexibility index (Phi) is 7.95. The van der Waals surface area contributed by atoms with Gasteiger partial charge in [0.1, 0.15) is 24.7 Å². The van der Waals surface area contributed by atoms with Crippen molar-refractivity contribution < 1.29 is 24.5 Å². The highest BCUT2D eigenvalue weighted by Gasteiger charge is 2.25. The summed E-state index contributed by atoms with van der Waals surface area (Å²) in [7, 11) is 0. The summed E-state index contributed by atoms with van der Waals surface area (Å²) < 4.78 is 11.8. The molecule has 0 radical (unpaired) electrons. The van der Waals surface area contributed by atoms with Crippen LogP contribution in [-0.4, -0.2) is 42.4 Å². The second kappa shape index (κ2) is 12.3. The molecule has 6 aromatic rings. The zero-order chi connectivity index (χ0) is 28.9. The van der Waals surface area contributed by atoms with E-state index < -0.39 is 0 Å². The maximum absolute atomic E-state index is 14.7. The number of aliphatic hydroxyl groups excluding tert-OH is 2. The van der Waals surface area contributed by atoms with E-state index in [1.807, 2.05) is 72.8 Å². The van der Waals surface area contributed by atoms with Crippen LogP contribution < -0.4 is 9.47 Å². The lowest BCUT2D eigenvalue weighted by Crippen LogP contribution is -2.12. The van der Waals surface area contributed by atoms with E-state index in [0.717, 1.165) is 43.8 Å². The summed E-state index contributed by atoms with van der Waals surface area (Å²) in [6.45, 7) is -0.254. The molecule has 0 unspecified atom stereocenters. The highest BCUT2D eigenvalue weighted by molar-refractivity contribution is 6.24. The van der Waals surface area contributed by atoms with Crippen LogP contribution in [0.5, 0.6) is 11.5 Å². The second-order valence-electron chi connectivity index (χ2n) is 9.95. The summed E-state index contributed by atoms with van der Waals surface area (Å²) in [4.78, 5) is 14.7. The van der Waals surface area contributed by atoms with Crippen LogP contribution in [-0.2, 0) is 0 Å². The van der Waals surface area contributed by atoms with Crippen molar-refractivity contribution >= 4 is 27.3 Å². The highest BCUT2D eigenvalue weighted by atomic mass is 16.5. The molecule has 0 aliphatic heterocycles. The molecule has 5 heteroatoms. The Hall–Kier alpha value is -4.97. The number of ether oxygens (including phenoxy) is 2. The van der Waals surface area contributed by atoms with Crippen LogP contribution in [0.15, 0.2) is 121 Å². The average Bonchev–Trinajstić information content (AvgIpc) is 3.05. The molecule has 0 aliphatic rings. The van der Waals surface area contributed by atoms with Crippen molar-refractivity contribution in [2.75, 3.05) is 26.4 Å². The van der Waals surface area contributed by atoms with Crippen LogP contribution in [0.25, 0.3) is 43.8 Å². The molecule has 0 heterocycles. The first-order valence-corrected chi connectivity index (χ1v) is 13.9. The third-order valence-corrected chi connectivity index (χ3v) is 7.33. The summed E-state index contributed by atoms with van der Waals surface area (Å²) >= 11 is 0. The van der Waals surface area contributed by atoms with E-state index in [2.05, 4.69) is 36.4 Å². The molecule has 0 bridgehead atoms. The molecular weight excluding hydrogens is 524 g/mol. The summed E-state index contributed by atoms with van der Waals surface area (Å²) in [5.74, 6) is 0.520. The van der Waals surface area contributed by atoms with Crippen LogP contribution >= 0.6 is 0 Å². The Bertz CT molecular complexity index is 1730. The minimum atomic E-state index is -0.257. The minimum absolute atomic E-state index is 0.0533. The van der Waals surface area contributed by atoms with Gasteiger partial charge in [-0.3, -0.25) is 4.79 Å². The Labute approximate surface area is 244 Å². The lowest BCUT2D eigenvalue weighted by atomic mass is 9.90. The number of fused-ring (bicyclic) bond motifs is 2. The average molecular weight is 555 g/mol. The fourth-order valence-corrected chi connectivity index (χ4v) is 5.39. The number of hydrogen-bond acceptors (Lipinski definition) is 5. The largest absolute Gasteiger partial charge is 0.490 e. The molecule has 2 N–H and O–H groups in total. The molecule has 0 saturated heterocycles. The van der Waals surface area contributed by atoms with Crippen molar-refractivity contribution in [1.82, 2.24) is 0 Å². The lowest BCUT2D eigenvalue weighted by molar-refractivity contribution is 0.103. The maximum atomic E-state index is 14.7. The van der Waals surface area contributed by atoms with Gasteiger partial charge in [-0.05, 0) is 68.1 Å². The van der Waals surface area contributed by atoms with E-state index in [4.69, 9.17) is 9.47 Å². The topological polar surface area (TPSA) is 76.0 Å². The van der Waals surface area contributed by atoms with Crippen molar-refractivity contribution in [3.05, 3.63) is 132 Å². The Morgan fingerprint density at radius 3 is 1.33 bits per heavy atom. The molecule has 0 amide bonds. The van der Waals surface area contributed by atoms with Gasteiger partial charge in [0.05, 0.1) is 24.3 Å². The monoisotopic (exact) mass is 554 g/mol. The zero-order valence-electron chi connectivity index (χ0n) is 23.0. The fourth-order valence-electron chi connectivity index (χ4n) is 5.39. The number of benzene rings is 6. The van der Waals surface area contributed by atoms with Gasteiger partial charge in [-0.25, -0.2) is 0 Å². The van der Waals surface area contributed by atoms with Crippen molar-refractivity contribution in [1.29, 1.82) is 0 Å². The summed E-state index contributed by atoms with van der Waals surface area (Å²) in [5, 5.41) is 22.3. The van der Waals surface area contributed by atoms with Gasteiger partial charge in [0, 0.05) is 0 Å². The number of aliphatic hydroxyl groups is 2. The van der Waals surface area contributed by atoms with Crippen LogP contribution in [0.2, 0.25) is 0 Å². The van der Waals surface area contributed by atoms with E-state index in [1.54, 1.807) is 12.1 Å². The van der Waals surface area contributed by atoms with E-state index >= 15 is 0 Å². The molecule has 0 aromatic heterocycles. The van der Waals surface area contributed by atoms with Gasteiger partial charge in [0.2, 0.25) is 5.78 Å². The van der Waals surface area contributed by atoms with Gasteiger partial charge in [0.25, 0.3) is 0 Å².